The van der Waals surface area contributed by atoms with Crippen molar-refractivity contribution in [3.05, 3.63) is 0 Å². The summed E-state index contributed by atoms with van der Waals surface area (Å²) in [5.74, 6) is 0. The first-order valence-corrected chi connectivity index (χ1v) is 4.99. The topological polar surface area (TPSA) is 102 Å². The Hall–Kier alpha value is -0.990. The molecule has 0 bridgehead atoms. The molecule has 0 unspecified atom stereocenters. The van der Waals surface area contributed by atoms with Crippen LogP contribution >= 0.6 is 0 Å². The van der Waals surface area contributed by atoms with Gasteiger partial charge in [0.15, 0.2) is 0 Å². The van der Waals surface area contributed by atoms with Crippen LogP contribution in [0.15, 0.2) is 4.99 Å². The maximum atomic E-state index is 10.7. The van der Waals surface area contributed by atoms with Crippen molar-refractivity contribution in [2.24, 2.45) is 10.1 Å². The number of rotatable bonds is 2. The van der Waals surface area contributed by atoms with Gasteiger partial charge in [-0.1, -0.05) is 0 Å². The van der Waals surface area contributed by atoms with Crippen LogP contribution in [0.2, 0.25) is 0 Å². The van der Waals surface area contributed by atoms with Crippen molar-refractivity contribution < 1.29 is 18.0 Å². The van der Waals surface area contributed by atoms with Gasteiger partial charge < -0.3 is 4.84 Å². The van der Waals surface area contributed by atoms with Gasteiger partial charge in [-0.05, 0) is 6.72 Å². The van der Waals surface area contributed by atoms with Crippen LogP contribution in [0.5, 0.6) is 0 Å². The fourth-order valence-electron chi connectivity index (χ4n) is 0.822. The highest BCUT2D eigenvalue weighted by Gasteiger charge is 2.37. The number of sulfonamides is 1. The van der Waals surface area contributed by atoms with E-state index in [0.29, 0.717) is 0 Å². The number of nitrogens with zero attached hydrogens (tertiary/aromatic N) is 2. The number of hydroxylamine groups is 2. The molecule has 1 rings (SSSR count). The molecule has 0 aromatic rings. The molecule has 7 nitrogen and oxygen atoms in total. The standard InChI is InChI=1S/C5H9N3O4S/c1-7-5(9)12-8-2-4(3-8)13(6,10)11/h4H,1-3H2,(H2,6,10,11). The zero-order valence-electron chi connectivity index (χ0n) is 6.71. The van der Waals surface area contributed by atoms with Gasteiger partial charge in [-0.3, -0.25) is 0 Å². The maximum absolute atomic E-state index is 10.7. The highest BCUT2D eigenvalue weighted by atomic mass is 32.2. The molecule has 0 aliphatic carbocycles. The lowest BCUT2D eigenvalue weighted by molar-refractivity contribution is -0.135. The van der Waals surface area contributed by atoms with Gasteiger partial charge in [0.1, 0.15) is 5.25 Å². The number of aliphatic imine (C=N–C) groups is 1. The second-order valence-corrected chi connectivity index (χ2v) is 4.42. The van der Waals surface area contributed by atoms with E-state index in [1.807, 2.05) is 0 Å². The number of nitrogens with two attached hydrogens (primary N) is 1. The number of hydrogen-bond donors (Lipinski definition) is 1. The summed E-state index contributed by atoms with van der Waals surface area (Å²) in [6, 6.07) is 0. The lowest BCUT2D eigenvalue weighted by atomic mass is 10.3. The van der Waals surface area contributed by atoms with Gasteiger partial charge in [-0.2, -0.15) is 4.99 Å². The van der Waals surface area contributed by atoms with E-state index in [0.717, 1.165) is 5.06 Å². The van der Waals surface area contributed by atoms with Crippen LogP contribution in [0.25, 0.3) is 0 Å². The fraction of sp³-hybridized carbons (Fsp3) is 0.600. The molecule has 0 saturated carbocycles. The second kappa shape index (κ2) is 3.40. The molecule has 1 aliphatic rings. The zero-order chi connectivity index (χ0) is 10.1. The number of carbonyl (C=O) groups is 1. The van der Waals surface area contributed by atoms with Crippen molar-refractivity contribution in [3.63, 3.8) is 0 Å². The van der Waals surface area contributed by atoms with Crippen LogP contribution in [0.4, 0.5) is 4.79 Å². The highest BCUT2D eigenvalue weighted by molar-refractivity contribution is 7.89. The van der Waals surface area contributed by atoms with Crippen molar-refractivity contribution in [1.82, 2.24) is 5.06 Å². The maximum Gasteiger partial charge on any atom is 0.452 e. The lowest BCUT2D eigenvalue weighted by Gasteiger charge is -2.34. The molecule has 74 valence electrons. The van der Waals surface area contributed by atoms with E-state index in [4.69, 9.17) is 5.14 Å². The third kappa shape index (κ3) is 2.47. The first-order chi connectivity index (χ1) is 5.93. The van der Waals surface area contributed by atoms with Gasteiger partial charge in [0.05, 0.1) is 13.1 Å². The molecule has 1 heterocycles. The number of primary sulfonamides is 1. The molecule has 0 atom stereocenters. The molecule has 0 radical (unpaired) electrons. The van der Waals surface area contributed by atoms with E-state index >= 15 is 0 Å². The normalized spacial score (nSPS) is 19.2. The molecule has 1 fully saturated rings. The highest BCUT2D eigenvalue weighted by Crippen LogP contribution is 2.14. The molecule has 8 heteroatoms. The fourth-order valence-corrected chi connectivity index (χ4v) is 1.57. The summed E-state index contributed by atoms with van der Waals surface area (Å²) in [5, 5.41) is 5.33. The van der Waals surface area contributed by atoms with Crippen molar-refractivity contribution in [2.75, 3.05) is 13.1 Å². The summed E-state index contributed by atoms with van der Waals surface area (Å²) in [6.07, 6.45) is -0.854. The largest absolute Gasteiger partial charge is 0.452 e. The number of amides is 1. The monoisotopic (exact) mass is 207 g/mol. The minimum absolute atomic E-state index is 0.0834. The Balaban J connectivity index is 2.34. The Bertz CT molecular complexity index is 319. The average molecular weight is 207 g/mol. The van der Waals surface area contributed by atoms with E-state index in [1.165, 1.54) is 0 Å². The molecule has 0 aromatic carbocycles. The van der Waals surface area contributed by atoms with E-state index in [2.05, 4.69) is 16.5 Å². The molecular weight excluding hydrogens is 198 g/mol. The lowest BCUT2D eigenvalue weighted by Crippen LogP contribution is -2.56. The Morgan fingerprint density at radius 2 is 2.15 bits per heavy atom. The Labute approximate surface area is 75.2 Å². The van der Waals surface area contributed by atoms with Crippen molar-refractivity contribution in [2.45, 2.75) is 5.25 Å². The smallest absolute Gasteiger partial charge is 0.349 e. The number of carbonyl (C=O) groups excluding carboxylic acids is 1. The Kier molecular flexibility index (Phi) is 2.64. The molecule has 1 aliphatic heterocycles. The summed E-state index contributed by atoms with van der Waals surface area (Å²) in [6.45, 7) is 3.11. The minimum atomic E-state index is -3.52. The third-order valence-electron chi connectivity index (χ3n) is 1.62. The second-order valence-electron chi connectivity index (χ2n) is 2.57. The van der Waals surface area contributed by atoms with Crippen LogP contribution in [0, 0.1) is 0 Å². The van der Waals surface area contributed by atoms with Crippen molar-refractivity contribution in [1.29, 1.82) is 0 Å². The quantitative estimate of drug-likeness (QED) is 0.567. The Morgan fingerprint density at radius 1 is 1.62 bits per heavy atom. The number of hydrogen-bond acceptors (Lipinski definition) is 5. The van der Waals surface area contributed by atoms with Gasteiger partial charge in [0, 0.05) is 0 Å². The first-order valence-electron chi connectivity index (χ1n) is 3.38. The van der Waals surface area contributed by atoms with E-state index in [1.54, 1.807) is 0 Å². The third-order valence-corrected chi connectivity index (χ3v) is 2.84. The van der Waals surface area contributed by atoms with Gasteiger partial charge in [-0.15, -0.1) is 5.06 Å². The van der Waals surface area contributed by atoms with Crippen LogP contribution in [-0.4, -0.2) is 44.6 Å². The predicted octanol–water partition coefficient (Wildman–Crippen LogP) is -1.29. The zero-order valence-corrected chi connectivity index (χ0v) is 7.53. The van der Waals surface area contributed by atoms with Crippen LogP contribution in [0.1, 0.15) is 0 Å². The van der Waals surface area contributed by atoms with Gasteiger partial charge in [-0.25, -0.2) is 18.4 Å². The Morgan fingerprint density at radius 3 is 2.54 bits per heavy atom. The van der Waals surface area contributed by atoms with E-state index in [-0.39, 0.29) is 13.1 Å². The van der Waals surface area contributed by atoms with Gasteiger partial charge >= 0.3 is 6.09 Å². The summed E-state index contributed by atoms with van der Waals surface area (Å²) in [7, 11) is -3.52. The van der Waals surface area contributed by atoms with E-state index < -0.39 is 21.4 Å². The SMILES string of the molecule is C=NC(=O)ON1CC(S(N)(=O)=O)C1. The minimum Gasteiger partial charge on any atom is -0.349 e. The molecule has 1 amide bonds. The van der Waals surface area contributed by atoms with Crippen LogP contribution in [-0.2, 0) is 14.9 Å². The summed E-state index contributed by atoms with van der Waals surface area (Å²) in [4.78, 5) is 18.0. The van der Waals surface area contributed by atoms with Crippen LogP contribution in [0.3, 0.4) is 0 Å². The summed E-state index contributed by atoms with van der Waals surface area (Å²) < 4.78 is 21.4. The van der Waals surface area contributed by atoms with Gasteiger partial charge in [0.2, 0.25) is 10.0 Å². The van der Waals surface area contributed by atoms with Crippen molar-refractivity contribution in [3.8, 4) is 0 Å². The van der Waals surface area contributed by atoms with Crippen LogP contribution < -0.4 is 5.14 Å². The molecule has 0 aromatic heterocycles. The van der Waals surface area contributed by atoms with Crippen molar-refractivity contribution >= 4 is 22.8 Å². The molecule has 0 spiro atoms. The summed E-state index contributed by atoms with van der Waals surface area (Å²) >= 11 is 0. The first kappa shape index (κ1) is 10.1. The van der Waals surface area contributed by atoms with Gasteiger partial charge in [0.25, 0.3) is 0 Å². The predicted molar refractivity (Wildman–Crippen MR) is 44.5 cm³/mol. The summed E-state index contributed by atoms with van der Waals surface area (Å²) in [5.41, 5.74) is 0. The molecule has 13 heavy (non-hydrogen) atoms. The molecule has 2 N–H and O–H groups in total. The molecular formula is C5H9N3O4S. The van der Waals surface area contributed by atoms with E-state index in [9.17, 15) is 13.2 Å². The molecule has 1 saturated heterocycles. The average Bonchev–Trinajstić information content (AvgIpc) is 1.92.